The first kappa shape index (κ1) is 20.9. The molecule has 0 aliphatic carbocycles. The van der Waals surface area contributed by atoms with Crippen LogP contribution >= 0.6 is 11.8 Å². The highest BCUT2D eigenvalue weighted by molar-refractivity contribution is 7.98. The zero-order valence-electron chi connectivity index (χ0n) is 15.1. The molecule has 27 heavy (non-hydrogen) atoms. The quantitative estimate of drug-likeness (QED) is 0.539. The van der Waals surface area contributed by atoms with Crippen molar-refractivity contribution in [2.24, 2.45) is 0 Å². The molecule has 0 unspecified atom stereocenters. The molecule has 0 fully saturated rings. The maximum absolute atomic E-state index is 12.1. The second-order valence-electron chi connectivity index (χ2n) is 5.51. The van der Waals surface area contributed by atoms with E-state index in [2.05, 4.69) is 10.0 Å². The minimum Gasteiger partial charge on any atom is -0.452 e. The molecule has 144 valence electrons. The number of carbonyl (C=O) groups excluding carboxylic acids is 2. The topological polar surface area (TPSA) is 102 Å². The van der Waals surface area contributed by atoms with Gasteiger partial charge in [-0.1, -0.05) is 18.2 Å². The summed E-state index contributed by atoms with van der Waals surface area (Å²) in [6, 6.07) is 11.4. The monoisotopic (exact) mass is 408 g/mol. The van der Waals surface area contributed by atoms with Crippen LogP contribution in [0.4, 0.5) is 5.69 Å². The number of sulfonamides is 1. The summed E-state index contributed by atoms with van der Waals surface area (Å²) in [5.41, 5.74) is 1.22. The Balaban J connectivity index is 2.04. The molecule has 0 radical (unpaired) electrons. The molecule has 2 aromatic carbocycles. The Morgan fingerprint density at radius 1 is 1.15 bits per heavy atom. The number of hydrogen-bond donors (Lipinski definition) is 2. The van der Waals surface area contributed by atoms with E-state index in [0.717, 1.165) is 4.90 Å². The number of esters is 1. The Morgan fingerprint density at radius 2 is 1.85 bits per heavy atom. The van der Waals surface area contributed by atoms with Gasteiger partial charge in [0, 0.05) is 10.6 Å². The number of anilines is 1. The van der Waals surface area contributed by atoms with E-state index in [1.165, 1.54) is 24.9 Å². The van der Waals surface area contributed by atoms with Crippen LogP contribution in [-0.4, -0.2) is 40.2 Å². The number of aryl methyl sites for hydroxylation is 1. The first-order valence-electron chi connectivity index (χ1n) is 7.92. The van der Waals surface area contributed by atoms with E-state index in [9.17, 15) is 18.0 Å². The van der Waals surface area contributed by atoms with E-state index in [1.54, 1.807) is 37.3 Å². The van der Waals surface area contributed by atoms with Gasteiger partial charge < -0.3 is 10.1 Å². The summed E-state index contributed by atoms with van der Waals surface area (Å²) in [4.78, 5) is 25.0. The first-order valence-corrected chi connectivity index (χ1v) is 10.6. The van der Waals surface area contributed by atoms with E-state index in [0.29, 0.717) is 16.8 Å². The number of amides is 1. The van der Waals surface area contributed by atoms with E-state index in [-0.39, 0.29) is 4.90 Å². The zero-order valence-corrected chi connectivity index (χ0v) is 16.7. The minimum absolute atomic E-state index is 0.0636. The number of benzene rings is 2. The molecular weight excluding hydrogens is 388 g/mol. The molecule has 0 aliphatic heterocycles. The van der Waals surface area contributed by atoms with Gasteiger partial charge in [-0.25, -0.2) is 17.9 Å². The summed E-state index contributed by atoms with van der Waals surface area (Å²) >= 11 is 1.40. The van der Waals surface area contributed by atoms with Crippen molar-refractivity contribution in [3.63, 3.8) is 0 Å². The van der Waals surface area contributed by atoms with Crippen LogP contribution in [0.25, 0.3) is 0 Å². The Morgan fingerprint density at radius 3 is 2.52 bits per heavy atom. The van der Waals surface area contributed by atoms with Gasteiger partial charge in [0.2, 0.25) is 10.0 Å². The molecule has 2 N–H and O–H groups in total. The van der Waals surface area contributed by atoms with Crippen LogP contribution in [0.15, 0.2) is 52.3 Å². The lowest BCUT2D eigenvalue weighted by atomic mass is 10.2. The Hall–Kier alpha value is -2.36. The highest BCUT2D eigenvalue weighted by Crippen LogP contribution is 2.21. The molecule has 7 nitrogen and oxygen atoms in total. The molecule has 9 heteroatoms. The van der Waals surface area contributed by atoms with Gasteiger partial charge in [0.25, 0.3) is 5.91 Å². The minimum atomic E-state index is -3.65. The first-order chi connectivity index (χ1) is 12.8. The van der Waals surface area contributed by atoms with Gasteiger partial charge in [0.05, 0.1) is 10.5 Å². The maximum Gasteiger partial charge on any atom is 0.339 e. The number of thioether (sulfide) groups is 1. The van der Waals surface area contributed by atoms with E-state index >= 15 is 0 Å². The van der Waals surface area contributed by atoms with Gasteiger partial charge in [-0.05, 0) is 50.1 Å². The zero-order chi connectivity index (χ0) is 20.0. The van der Waals surface area contributed by atoms with Crippen molar-refractivity contribution in [2.75, 3.05) is 25.2 Å². The van der Waals surface area contributed by atoms with Gasteiger partial charge in [-0.15, -0.1) is 11.8 Å². The molecule has 0 saturated heterocycles. The van der Waals surface area contributed by atoms with Gasteiger partial charge >= 0.3 is 5.97 Å². The fourth-order valence-corrected chi connectivity index (χ4v) is 3.88. The molecule has 0 saturated carbocycles. The second-order valence-corrected chi connectivity index (χ2v) is 8.22. The molecule has 2 rings (SSSR count). The lowest BCUT2D eigenvalue weighted by Gasteiger charge is -2.11. The highest BCUT2D eigenvalue weighted by atomic mass is 32.2. The number of nitrogens with one attached hydrogen (secondary N) is 2. The predicted molar refractivity (Wildman–Crippen MR) is 105 cm³/mol. The molecular formula is C18H20N2O5S2. The summed E-state index contributed by atoms with van der Waals surface area (Å²) in [5, 5.41) is 2.53. The van der Waals surface area contributed by atoms with E-state index in [4.69, 9.17) is 4.74 Å². The Bertz CT molecular complexity index is 958. The third kappa shape index (κ3) is 5.31. The van der Waals surface area contributed by atoms with E-state index in [1.807, 2.05) is 12.3 Å². The number of ether oxygens (including phenoxy) is 1. The summed E-state index contributed by atoms with van der Waals surface area (Å²) < 4.78 is 31.3. The highest BCUT2D eigenvalue weighted by Gasteiger charge is 2.17. The molecule has 1 amide bonds. The molecule has 0 aliphatic rings. The molecule has 0 atom stereocenters. The van der Waals surface area contributed by atoms with Gasteiger partial charge in [-0.3, -0.25) is 4.79 Å². The van der Waals surface area contributed by atoms with Crippen LogP contribution in [0, 0.1) is 6.92 Å². The largest absolute Gasteiger partial charge is 0.452 e. The van der Waals surface area contributed by atoms with Crippen molar-refractivity contribution in [2.45, 2.75) is 16.7 Å². The van der Waals surface area contributed by atoms with Crippen molar-refractivity contribution in [1.29, 1.82) is 0 Å². The predicted octanol–water partition coefficient (Wildman–Crippen LogP) is 2.42. The Kier molecular flexibility index (Phi) is 7.00. The van der Waals surface area contributed by atoms with Gasteiger partial charge in [0.1, 0.15) is 0 Å². The SMILES string of the molecule is CNS(=O)(=O)c1cc(NC(=O)COC(=O)c2ccccc2SC)ccc1C. The van der Waals surface area contributed by atoms with Crippen LogP contribution in [0.2, 0.25) is 0 Å². The number of rotatable bonds is 7. The average Bonchev–Trinajstić information content (AvgIpc) is 2.67. The normalized spacial score (nSPS) is 11.1. The maximum atomic E-state index is 12.1. The third-order valence-electron chi connectivity index (χ3n) is 3.69. The molecule has 0 heterocycles. The van der Waals surface area contributed by atoms with Gasteiger partial charge in [0.15, 0.2) is 6.61 Å². The summed E-state index contributed by atoms with van der Waals surface area (Å²) in [7, 11) is -2.33. The smallest absolute Gasteiger partial charge is 0.339 e. The van der Waals surface area contributed by atoms with Crippen LogP contribution in [0.5, 0.6) is 0 Å². The number of hydrogen-bond acceptors (Lipinski definition) is 6. The number of carbonyl (C=O) groups is 2. The summed E-state index contributed by atoms with van der Waals surface area (Å²) in [6.45, 7) is 1.17. The Labute approximate surface area is 162 Å². The van der Waals surface area contributed by atoms with Gasteiger partial charge in [-0.2, -0.15) is 0 Å². The van der Waals surface area contributed by atoms with E-state index < -0.39 is 28.5 Å². The lowest BCUT2D eigenvalue weighted by Crippen LogP contribution is -2.22. The molecule has 2 aromatic rings. The van der Waals surface area contributed by atoms with Crippen molar-refractivity contribution in [3.8, 4) is 0 Å². The van der Waals surface area contributed by atoms with Crippen molar-refractivity contribution < 1.29 is 22.7 Å². The summed E-state index contributed by atoms with van der Waals surface area (Å²) in [6.07, 6.45) is 1.84. The van der Waals surface area contributed by atoms with Crippen molar-refractivity contribution in [1.82, 2.24) is 4.72 Å². The molecule has 0 bridgehead atoms. The van der Waals surface area contributed by atoms with Crippen LogP contribution in [0.1, 0.15) is 15.9 Å². The van der Waals surface area contributed by atoms with Crippen LogP contribution in [-0.2, 0) is 19.6 Å². The molecule has 0 spiro atoms. The standard InChI is InChI=1S/C18H20N2O5S2/c1-12-8-9-13(10-16(12)27(23,24)19-2)20-17(21)11-25-18(22)14-6-4-5-7-15(14)26-3/h4-10,19H,11H2,1-3H3,(H,20,21). The average molecular weight is 409 g/mol. The van der Waals surface area contributed by atoms with Crippen LogP contribution < -0.4 is 10.0 Å². The third-order valence-corrected chi connectivity index (χ3v) is 6.04. The fraction of sp³-hybridized carbons (Fsp3) is 0.222. The van der Waals surface area contributed by atoms with Crippen LogP contribution in [0.3, 0.4) is 0 Å². The van der Waals surface area contributed by atoms with Crippen molar-refractivity contribution >= 4 is 39.3 Å². The van der Waals surface area contributed by atoms with Crippen molar-refractivity contribution in [3.05, 3.63) is 53.6 Å². The summed E-state index contributed by atoms with van der Waals surface area (Å²) in [5.74, 6) is -1.17. The second kappa shape index (κ2) is 9.03. The molecule has 0 aromatic heterocycles. The lowest BCUT2D eigenvalue weighted by molar-refractivity contribution is -0.119. The fourth-order valence-electron chi connectivity index (χ4n) is 2.30.